The summed E-state index contributed by atoms with van der Waals surface area (Å²) in [5.74, 6) is 0. The second-order valence-corrected chi connectivity index (χ2v) is 3.33. The van der Waals surface area contributed by atoms with E-state index in [-0.39, 0.29) is 17.1 Å². The zero-order chi connectivity index (χ0) is 8.36. The number of rotatable bonds is 8. The van der Waals surface area contributed by atoms with E-state index in [0.29, 0.717) is 0 Å². The summed E-state index contributed by atoms with van der Waals surface area (Å²) in [5.41, 5.74) is 0. The van der Waals surface area contributed by atoms with Crippen LogP contribution in [0.5, 0.6) is 0 Å². The van der Waals surface area contributed by atoms with E-state index in [1.165, 1.54) is 51.4 Å². The van der Waals surface area contributed by atoms with Gasteiger partial charge in [-0.2, -0.15) is 6.42 Å². The third kappa shape index (κ3) is 13.1. The van der Waals surface area contributed by atoms with Crippen LogP contribution >= 0.6 is 0 Å². The minimum Gasteiger partial charge on any atom is -0.343 e. The van der Waals surface area contributed by atoms with Crippen LogP contribution in [-0.4, -0.2) is 0 Å². The monoisotopic (exact) mass is 218 g/mol. The van der Waals surface area contributed by atoms with Crippen LogP contribution in [0.3, 0.4) is 0 Å². The Kier molecular flexibility index (Phi) is 17.6. The van der Waals surface area contributed by atoms with Gasteiger partial charge in [-0.15, -0.1) is 0 Å². The van der Waals surface area contributed by atoms with Gasteiger partial charge in [-0.3, -0.25) is 0 Å². The standard InChI is InChI=1S/C11H23.Cu/c1-3-5-7-9-11-10-8-6-4-2;/h1,3-11H2,2H3;/q-1;+1. The topological polar surface area (TPSA) is 0 Å². The average Bonchev–Trinajstić information content (AvgIpc) is 2.03. The fraction of sp³-hybridized carbons (Fsp3) is 0.909. The first-order valence-electron chi connectivity index (χ1n) is 5.21. The van der Waals surface area contributed by atoms with Gasteiger partial charge in [0.15, 0.2) is 0 Å². The third-order valence-electron chi connectivity index (χ3n) is 2.10. The molecule has 0 spiro atoms. The molecule has 78 valence electrons. The molecule has 12 heavy (non-hydrogen) atoms. The number of hydrogen-bond donors (Lipinski definition) is 0. The molecule has 0 atom stereocenters. The molecule has 0 rings (SSSR count). The summed E-state index contributed by atoms with van der Waals surface area (Å²) >= 11 is 0. The molecule has 0 N–H and O–H groups in total. The maximum absolute atomic E-state index is 3.83. The molecule has 0 saturated carbocycles. The Morgan fingerprint density at radius 3 is 1.58 bits per heavy atom. The van der Waals surface area contributed by atoms with Crippen LogP contribution in [0.2, 0.25) is 0 Å². The molecule has 0 aliphatic rings. The maximum atomic E-state index is 3.83. The predicted molar refractivity (Wildman–Crippen MR) is 52.6 cm³/mol. The number of unbranched alkanes of at least 4 members (excludes halogenated alkanes) is 8. The summed E-state index contributed by atoms with van der Waals surface area (Å²) in [6.07, 6.45) is 12.4. The van der Waals surface area contributed by atoms with Crippen molar-refractivity contribution in [1.29, 1.82) is 0 Å². The summed E-state index contributed by atoms with van der Waals surface area (Å²) in [6.45, 7) is 6.10. The largest absolute Gasteiger partial charge is 1.00 e. The van der Waals surface area contributed by atoms with Crippen molar-refractivity contribution in [3.63, 3.8) is 0 Å². The molecule has 0 aliphatic carbocycles. The first kappa shape index (κ1) is 15.0. The van der Waals surface area contributed by atoms with Crippen molar-refractivity contribution in [2.45, 2.75) is 64.7 Å². The second-order valence-electron chi connectivity index (χ2n) is 3.33. The van der Waals surface area contributed by atoms with Crippen LogP contribution in [0.25, 0.3) is 0 Å². The SMILES string of the molecule is [CH2-]CCCCCCCCCC.[Cu+]. The molecule has 0 nitrogen and oxygen atoms in total. The van der Waals surface area contributed by atoms with Crippen LogP contribution in [-0.2, 0) is 17.1 Å². The smallest absolute Gasteiger partial charge is 0.343 e. The first-order valence-corrected chi connectivity index (χ1v) is 5.21. The van der Waals surface area contributed by atoms with Gasteiger partial charge in [0.2, 0.25) is 0 Å². The Bertz CT molecular complexity index is 54.0. The molecular weight excluding hydrogens is 196 g/mol. The van der Waals surface area contributed by atoms with Gasteiger partial charge in [0.25, 0.3) is 0 Å². The second kappa shape index (κ2) is 14.1. The minimum absolute atomic E-state index is 0. The van der Waals surface area contributed by atoms with E-state index < -0.39 is 0 Å². The molecule has 0 aromatic heterocycles. The molecule has 0 bridgehead atoms. The van der Waals surface area contributed by atoms with Gasteiger partial charge in [-0.25, -0.2) is 0 Å². The molecule has 0 unspecified atom stereocenters. The van der Waals surface area contributed by atoms with Crippen LogP contribution in [0, 0.1) is 6.92 Å². The molecule has 1 heteroatoms. The molecular formula is C11H23Cu. The normalized spacial score (nSPS) is 9.50. The van der Waals surface area contributed by atoms with E-state index in [2.05, 4.69) is 13.8 Å². The van der Waals surface area contributed by atoms with Crippen LogP contribution in [0.1, 0.15) is 64.7 Å². The summed E-state index contributed by atoms with van der Waals surface area (Å²) in [5, 5.41) is 0. The minimum atomic E-state index is 0. The Hall–Kier alpha value is 0.519. The summed E-state index contributed by atoms with van der Waals surface area (Å²) < 4.78 is 0. The van der Waals surface area contributed by atoms with Crippen molar-refractivity contribution in [3.05, 3.63) is 6.92 Å². The molecule has 0 aliphatic heterocycles. The zero-order valence-corrected chi connectivity index (χ0v) is 9.31. The van der Waals surface area contributed by atoms with Crippen molar-refractivity contribution in [1.82, 2.24) is 0 Å². The van der Waals surface area contributed by atoms with E-state index in [0.717, 1.165) is 6.42 Å². The Labute approximate surface area is 89.0 Å². The van der Waals surface area contributed by atoms with Crippen LogP contribution in [0.15, 0.2) is 0 Å². The number of hydrogen-bond acceptors (Lipinski definition) is 0. The van der Waals surface area contributed by atoms with E-state index >= 15 is 0 Å². The van der Waals surface area contributed by atoms with Gasteiger partial charge >= 0.3 is 17.1 Å². The van der Waals surface area contributed by atoms with E-state index in [9.17, 15) is 0 Å². The Morgan fingerprint density at radius 1 is 0.750 bits per heavy atom. The van der Waals surface area contributed by atoms with Gasteiger partial charge in [-0.1, -0.05) is 58.3 Å². The van der Waals surface area contributed by atoms with E-state index in [1.54, 1.807) is 0 Å². The molecule has 0 saturated heterocycles. The summed E-state index contributed by atoms with van der Waals surface area (Å²) in [7, 11) is 0. The molecule has 0 aromatic rings. The molecule has 0 amide bonds. The Balaban J connectivity index is 0. The van der Waals surface area contributed by atoms with Crippen LogP contribution < -0.4 is 0 Å². The summed E-state index contributed by atoms with van der Waals surface area (Å²) in [4.78, 5) is 0. The first-order chi connectivity index (χ1) is 5.41. The van der Waals surface area contributed by atoms with Crippen molar-refractivity contribution >= 4 is 0 Å². The predicted octanol–water partition coefficient (Wildman–Crippen LogP) is 4.35. The molecule has 0 heterocycles. The van der Waals surface area contributed by atoms with Crippen molar-refractivity contribution < 1.29 is 17.1 Å². The van der Waals surface area contributed by atoms with Gasteiger partial charge < -0.3 is 6.92 Å². The maximum Gasteiger partial charge on any atom is 1.00 e. The quantitative estimate of drug-likeness (QED) is 0.323. The Morgan fingerprint density at radius 2 is 1.17 bits per heavy atom. The van der Waals surface area contributed by atoms with Gasteiger partial charge in [0, 0.05) is 0 Å². The van der Waals surface area contributed by atoms with E-state index in [1.807, 2.05) is 0 Å². The van der Waals surface area contributed by atoms with Crippen LogP contribution in [0.4, 0.5) is 0 Å². The van der Waals surface area contributed by atoms with Crippen molar-refractivity contribution in [2.24, 2.45) is 0 Å². The van der Waals surface area contributed by atoms with Crippen molar-refractivity contribution in [2.75, 3.05) is 0 Å². The van der Waals surface area contributed by atoms with Crippen molar-refractivity contribution in [3.8, 4) is 0 Å². The molecule has 0 aromatic carbocycles. The van der Waals surface area contributed by atoms with Gasteiger partial charge in [0.05, 0.1) is 0 Å². The average molecular weight is 219 g/mol. The molecule has 0 radical (unpaired) electrons. The van der Waals surface area contributed by atoms with Gasteiger partial charge in [0.1, 0.15) is 0 Å². The fourth-order valence-electron chi connectivity index (χ4n) is 1.31. The third-order valence-corrected chi connectivity index (χ3v) is 2.10. The summed E-state index contributed by atoms with van der Waals surface area (Å²) in [6, 6.07) is 0. The molecule has 0 fully saturated rings. The van der Waals surface area contributed by atoms with E-state index in [4.69, 9.17) is 0 Å². The zero-order valence-electron chi connectivity index (χ0n) is 8.37. The van der Waals surface area contributed by atoms with Gasteiger partial charge in [-0.05, 0) is 0 Å². The fourth-order valence-corrected chi connectivity index (χ4v) is 1.31.